The Labute approximate surface area is 89.7 Å². The third kappa shape index (κ3) is 2.24. The van der Waals surface area contributed by atoms with Crippen molar-refractivity contribution in [2.24, 2.45) is 0 Å². The van der Waals surface area contributed by atoms with E-state index in [1.54, 1.807) is 12.5 Å². The van der Waals surface area contributed by atoms with Gasteiger partial charge in [0.1, 0.15) is 16.4 Å². The summed E-state index contributed by atoms with van der Waals surface area (Å²) >= 11 is 6.97. The number of oxazole rings is 1. The summed E-state index contributed by atoms with van der Waals surface area (Å²) in [5.41, 5.74) is 0.836. The topological polar surface area (TPSA) is 51.8 Å². The van der Waals surface area contributed by atoms with E-state index < -0.39 is 0 Å². The predicted molar refractivity (Wildman–Crippen MR) is 52.4 cm³/mol. The highest BCUT2D eigenvalue weighted by molar-refractivity contribution is 7.99. The van der Waals surface area contributed by atoms with Gasteiger partial charge in [-0.2, -0.15) is 0 Å². The van der Waals surface area contributed by atoms with Crippen LogP contribution in [0.2, 0.25) is 5.15 Å². The largest absolute Gasteiger partial charge is 0.439 e. The van der Waals surface area contributed by atoms with Crippen molar-refractivity contribution in [1.82, 2.24) is 15.0 Å². The number of rotatable bonds is 2. The maximum atomic E-state index is 5.68. The molecule has 0 radical (unpaired) electrons. The molecule has 0 aliphatic rings. The number of hydrogen-bond donors (Lipinski definition) is 0. The second kappa shape index (κ2) is 3.98. The van der Waals surface area contributed by atoms with Gasteiger partial charge in [0, 0.05) is 0 Å². The summed E-state index contributed by atoms with van der Waals surface area (Å²) in [5, 5.41) is 1.57. The summed E-state index contributed by atoms with van der Waals surface area (Å²) in [6.45, 7) is 1.86. The molecular formula is C8H6ClN3OS. The molecule has 0 amide bonds. The molecule has 0 unspecified atom stereocenters. The van der Waals surface area contributed by atoms with Crippen LogP contribution in [-0.2, 0) is 0 Å². The molecule has 2 rings (SSSR count). The van der Waals surface area contributed by atoms with Crippen LogP contribution in [0.1, 0.15) is 5.69 Å². The second-order valence-corrected chi connectivity index (χ2v) is 3.90. The van der Waals surface area contributed by atoms with Gasteiger partial charge >= 0.3 is 0 Å². The molecular weight excluding hydrogens is 222 g/mol. The van der Waals surface area contributed by atoms with Crippen LogP contribution in [0.3, 0.4) is 0 Å². The van der Waals surface area contributed by atoms with Gasteiger partial charge in [-0.25, -0.2) is 9.97 Å². The average Bonchev–Trinajstić information content (AvgIpc) is 2.51. The monoisotopic (exact) mass is 227 g/mol. The molecule has 0 fully saturated rings. The predicted octanol–water partition coefficient (Wildman–Crippen LogP) is 2.58. The lowest BCUT2D eigenvalue weighted by Crippen LogP contribution is -1.83. The van der Waals surface area contributed by atoms with Gasteiger partial charge in [0.25, 0.3) is 5.22 Å². The molecule has 0 saturated carbocycles. The first-order chi connectivity index (χ1) is 6.74. The Morgan fingerprint density at radius 3 is 2.86 bits per heavy atom. The van der Waals surface area contributed by atoms with Gasteiger partial charge in [0.15, 0.2) is 0 Å². The summed E-state index contributed by atoms with van der Waals surface area (Å²) < 4.78 is 5.15. The van der Waals surface area contributed by atoms with E-state index in [-0.39, 0.29) is 0 Å². The van der Waals surface area contributed by atoms with E-state index in [0.717, 1.165) is 5.69 Å². The first kappa shape index (κ1) is 9.48. The molecule has 0 aliphatic carbocycles. The van der Waals surface area contributed by atoms with E-state index in [4.69, 9.17) is 16.0 Å². The van der Waals surface area contributed by atoms with Gasteiger partial charge < -0.3 is 4.42 Å². The number of aryl methyl sites for hydroxylation is 1. The van der Waals surface area contributed by atoms with Crippen LogP contribution < -0.4 is 0 Å². The molecule has 0 atom stereocenters. The van der Waals surface area contributed by atoms with Gasteiger partial charge in [0.2, 0.25) is 0 Å². The molecule has 2 aromatic heterocycles. The smallest absolute Gasteiger partial charge is 0.262 e. The Kier molecular flexibility index (Phi) is 2.69. The third-order valence-corrected chi connectivity index (χ3v) is 2.32. The normalized spacial score (nSPS) is 10.4. The zero-order chi connectivity index (χ0) is 9.97. The maximum Gasteiger partial charge on any atom is 0.262 e. The van der Waals surface area contributed by atoms with Gasteiger partial charge in [-0.1, -0.05) is 11.6 Å². The van der Waals surface area contributed by atoms with E-state index in [2.05, 4.69) is 15.0 Å². The minimum Gasteiger partial charge on any atom is -0.439 e. The van der Waals surface area contributed by atoms with Crippen molar-refractivity contribution in [2.45, 2.75) is 17.2 Å². The van der Waals surface area contributed by atoms with Crippen LogP contribution in [0.4, 0.5) is 0 Å². The zero-order valence-corrected chi connectivity index (χ0v) is 8.84. The van der Waals surface area contributed by atoms with E-state index in [9.17, 15) is 0 Å². The highest BCUT2D eigenvalue weighted by atomic mass is 35.5. The molecule has 0 bridgehead atoms. The molecule has 0 N–H and O–H groups in total. The minimum absolute atomic E-state index is 0.360. The van der Waals surface area contributed by atoms with E-state index in [0.29, 0.717) is 15.4 Å². The van der Waals surface area contributed by atoms with Crippen molar-refractivity contribution < 1.29 is 4.42 Å². The minimum atomic E-state index is 0.360. The van der Waals surface area contributed by atoms with E-state index >= 15 is 0 Å². The molecule has 2 aromatic rings. The van der Waals surface area contributed by atoms with Gasteiger partial charge in [-0.3, -0.25) is 4.98 Å². The molecule has 14 heavy (non-hydrogen) atoms. The van der Waals surface area contributed by atoms with Crippen LogP contribution in [0.5, 0.6) is 0 Å². The highest BCUT2D eigenvalue weighted by Gasteiger charge is 2.05. The van der Waals surface area contributed by atoms with Crippen LogP contribution in [0.25, 0.3) is 0 Å². The molecule has 0 aliphatic heterocycles. The summed E-state index contributed by atoms with van der Waals surface area (Å²) in [6, 6.07) is 0. The molecule has 4 nitrogen and oxygen atoms in total. The Morgan fingerprint density at radius 2 is 2.21 bits per heavy atom. The Balaban J connectivity index is 2.18. The van der Waals surface area contributed by atoms with Crippen molar-refractivity contribution in [3.05, 3.63) is 29.5 Å². The molecule has 0 spiro atoms. The number of nitrogens with zero attached hydrogens (tertiary/aromatic N) is 3. The van der Waals surface area contributed by atoms with Crippen molar-refractivity contribution in [3.8, 4) is 0 Å². The Bertz CT molecular complexity index is 446. The fraction of sp³-hybridized carbons (Fsp3) is 0.125. The SMILES string of the molecule is Cc1coc(Sc2cncc(Cl)n2)n1. The standard InChI is InChI=1S/C8H6ClN3OS/c1-5-4-13-8(11-5)14-7-3-10-2-6(9)12-7/h2-4H,1H3. The average molecular weight is 228 g/mol. The summed E-state index contributed by atoms with van der Waals surface area (Å²) in [7, 11) is 0. The lowest BCUT2D eigenvalue weighted by Gasteiger charge is -1.94. The number of halogens is 1. The lowest BCUT2D eigenvalue weighted by atomic mass is 10.6. The molecule has 2 heterocycles. The van der Waals surface area contributed by atoms with Crippen molar-refractivity contribution >= 4 is 23.4 Å². The van der Waals surface area contributed by atoms with Crippen LogP contribution in [-0.4, -0.2) is 15.0 Å². The van der Waals surface area contributed by atoms with Gasteiger partial charge in [-0.15, -0.1) is 0 Å². The van der Waals surface area contributed by atoms with Crippen molar-refractivity contribution in [1.29, 1.82) is 0 Å². The first-order valence-corrected chi connectivity index (χ1v) is 5.01. The van der Waals surface area contributed by atoms with Crippen LogP contribution in [0.15, 0.2) is 33.3 Å². The molecule has 0 saturated heterocycles. The summed E-state index contributed by atoms with van der Waals surface area (Å²) in [4.78, 5) is 12.1. The van der Waals surface area contributed by atoms with Gasteiger partial charge in [-0.05, 0) is 18.7 Å². The highest BCUT2D eigenvalue weighted by Crippen LogP contribution is 2.24. The summed E-state index contributed by atoms with van der Waals surface area (Å²) in [5.74, 6) is 0. The van der Waals surface area contributed by atoms with Crippen LogP contribution in [0, 0.1) is 6.92 Å². The van der Waals surface area contributed by atoms with Crippen LogP contribution >= 0.6 is 23.4 Å². The Morgan fingerprint density at radius 1 is 1.36 bits per heavy atom. The van der Waals surface area contributed by atoms with E-state index in [1.165, 1.54) is 18.0 Å². The fourth-order valence-corrected chi connectivity index (χ4v) is 1.76. The first-order valence-electron chi connectivity index (χ1n) is 3.81. The van der Waals surface area contributed by atoms with E-state index in [1.807, 2.05) is 6.92 Å². The maximum absolute atomic E-state index is 5.68. The Hall–Kier alpha value is -1.07. The lowest BCUT2D eigenvalue weighted by molar-refractivity contribution is 0.453. The molecule has 72 valence electrons. The quantitative estimate of drug-likeness (QED) is 0.789. The zero-order valence-electron chi connectivity index (χ0n) is 7.27. The van der Waals surface area contributed by atoms with Gasteiger partial charge in [0.05, 0.1) is 18.1 Å². The van der Waals surface area contributed by atoms with Crippen molar-refractivity contribution in [3.63, 3.8) is 0 Å². The third-order valence-electron chi connectivity index (χ3n) is 1.37. The number of aromatic nitrogens is 3. The number of hydrogen-bond acceptors (Lipinski definition) is 5. The fourth-order valence-electron chi connectivity index (χ4n) is 0.843. The molecule has 0 aromatic carbocycles. The molecule has 6 heteroatoms. The summed E-state index contributed by atoms with van der Waals surface area (Å²) in [6.07, 6.45) is 4.67. The van der Waals surface area contributed by atoms with Crippen molar-refractivity contribution in [2.75, 3.05) is 0 Å². The second-order valence-electron chi connectivity index (χ2n) is 2.54.